The summed E-state index contributed by atoms with van der Waals surface area (Å²) >= 11 is 0. The van der Waals surface area contributed by atoms with Crippen molar-refractivity contribution in [3.63, 3.8) is 0 Å². The molecule has 2 aromatic heterocycles. The molecule has 134 valence electrons. The van der Waals surface area contributed by atoms with E-state index < -0.39 is 10.4 Å². The zero-order chi connectivity index (χ0) is 18.6. The van der Waals surface area contributed by atoms with Crippen molar-refractivity contribution in [1.82, 2.24) is 4.98 Å². The Morgan fingerprint density at radius 2 is 1.96 bits per heavy atom. The number of aryl methyl sites for hydroxylation is 1. The van der Waals surface area contributed by atoms with Gasteiger partial charge in [0.1, 0.15) is 12.8 Å². The number of phenols is 1. The van der Waals surface area contributed by atoms with Crippen LogP contribution >= 0.6 is 0 Å². The van der Waals surface area contributed by atoms with Crippen LogP contribution in [0.4, 0.5) is 0 Å². The van der Waals surface area contributed by atoms with Gasteiger partial charge in [0, 0.05) is 40.2 Å². The molecule has 0 fully saturated rings. The Kier molecular flexibility index (Phi) is 5.78. The van der Waals surface area contributed by atoms with E-state index in [1.54, 1.807) is 0 Å². The summed E-state index contributed by atoms with van der Waals surface area (Å²) in [6, 6.07) is 10.0. The van der Waals surface area contributed by atoms with Gasteiger partial charge in [-0.05, 0) is 18.2 Å². The van der Waals surface area contributed by atoms with Gasteiger partial charge in [0.15, 0.2) is 12.4 Å². The van der Waals surface area contributed by atoms with E-state index in [4.69, 9.17) is 0 Å². The maximum absolute atomic E-state index is 10.4. The number of benzene rings is 1. The van der Waals surface area contributed by atoms with Crippen LogP contribution in [0.2, 0.25) is 0 Å². The Balaban J connectivity index is 0.000000326. The van der Waals surface area contributed by atoms with Gasteiger partial charge in [-0.15, -0.1) is 0 Å². The Morgan fingerprint density at radius 1 is 1.28 bits per heavy atom. The topological polar surface area (TPSA) is 106 Å². The molecule has 0 saturated carbocycles. The van der Waals surface area contributed by atoms with Crippen LogP contribution in [0.1, 0.15) is 24.0 Å². The lowest BCUT2D eigenvalue weighted by Crippen LogP contribution is -2.27. The van der Waals surface area contributed by atoms with E-state index in [2.05, 4.69) is 28.4 Å². The fourth-order valence-electron chi connectivity index (χ4n) is 2.53. The molecule has 3 rings (SSSR count). The maximum Gasteiger partial charge on any atom is 0.217 e. The van der Waals surface area contributed by atoms with Gasteiger partial charge in [-0.1, -0.05) is 13.0 Å². The number of hydrogen-bond donors (Lipinski definition) is 2. The number of aromatic nitrogens is 2. The number of aromatic amines is 1. The molecule has 0 aliphatic heterocycles. The lowest BCUT2D eigenvalue weighted by Gasteiger charge is -2.13. The summed E-state index contributed by atoms with van der Waals surface area (Å²) in [5.74, 6) is 0.532. The largest absolute Gasteiger partial charge is 0.726 e. The molecule has 0 aliphatic rings. The first kappa shape index (κ1) is 18.9. The molecule has 3 aromatic rings. The lowest BCUT2D eigenvalue weighted by atomic mass is 9.92. The molecule has 1 atom stereocenters. The summed E-state index contributed by atoms with van der Waals surface area (Å²) in [5.41, 5.74) is 3.11. The van der Waals surface area contributed by atoms with Gasteiger partial charge >= 0.3 is 0 Å². The monoisotopic (exact) mass is 364 g/mol. The molecule has 1 aromatic carbocycles. The average molecular weight is 364 g/mol. The third kappa shape index (κ3) is 4.79. The van der Waals surface area contributed by atoms with E-state index in [0.29, 0.717) is 5.75 Å². The highest BCUT2D eigenvalue weighted by Crippen LogP contribution is 2.35. The number of pyridine rings is 1. The van der Waals surface area contributed by atoms with Gasteiger partial charge in [0.2, 0.25) is 10.4 Å². The van der Waals surface area contributed by atoms with Crippen LogP contribution in [-0.4, -0.2) is 30.2 Å². The van der Waals surface area contributed by atoms with Crippen LogP contribution < -0.4 is 4.57 Å². The Morgan fingerprint density at radius 3 is 2.56 bits per heavy atom. The quantitative estimate of drug-likeness (QED) is 0.420. The van der Waals surface area contributed by atoms with Crippen LogP contribution in [0.15, 0.2) is 48.9 Å². The number of fused-ring (bicyclic) bond motifs is 1. The van der Waals surface area contributed by atoms with Crippen molar-refractivity contribution in [3.8, 4) is 5.75 Å². The number of rotatable bonds is 3. The van der Waals surface area contributed by atoms with Gasteiger partial charge in [0.25, 0.3) is 0 Å². The molecule has 0 aliphatic carbocycles. The van der Waals surface area contributed by atoms with E-state index in [-0.39, 0.29) is 5.92 Å². The molecule has 0 saturated heterocycles. The first-order valence-electron chi connectivity index (χ1n) is 7.48. The fourth-order valence-corrected chi connectivity index (χ4v) is 2.53. The Labute approximate surface area is 146 Å². The molecule has 1 unspecified atom stereocenters. The standard InChI is InChI=1S/C16H16N2O.CH4O4S/c1-11(12-4-3-9-18(2)10-12)13-5-6-15-14(16(13)19)7-8-17-15;1-5-6(2,3)4/h3-11,17H,1-2H3;1H3,(H,2,3,4). The predicted molar refractivity (Wildman–Crippen MR) is 91.8 cm³/mol. The summed E-state index contributed by atoms with van der Waals surface area (Å²) in [5, 5.41) is 11.3. The molecule has 0 radical (unpaired) electrons. The van der Waals surface area contributed by atoms with Crippen LogP contribution in [0.25, 0.3) is 10.9 Å². The first-order valence-corrected chi connectivity index (χ1v) is 8.82. The third-order valence-electron chi connectivity index (χ3n) is 3.87. The van der Waals surface area contributed by atoms with E-state index in [0.717, 1.165) is 23.6 Å². The molecule has 0 bridgehead atoms. The number of phenolic OH excluding ortho intramolecular Hbond substituents is 1. The summed E-state index contributed by atoms with van der Waals surface area (Å²) in [4.78, 5) is 3.11. The minimum Gasteiger partial charge on any atom is -0.726 e. The van der Waals surface area contributed by atoms with Crippen molar-refractivity contribution in [2.24, 2.45) is 7.05 Å². The van der Waals surface area contributed by atoms with Crippen molar-refractivity contribution in [2.75, 3.05) is 7.11 Å². The second kappa shape index (κ2) is 7.64. The number of hydrogen-bond acceptors (Lipinski definition) is 5. The minimum atomic E-state index is -4.41. The molecule has 25 heavy (non-hydrogen) atoms. The molecule has 2 heterocycles. The van der Waals surface area contributed by atoms with Gasteiger partial charge in [0.05, 0.1) is 7.11 Å². The minimum absolute atomic E-state index is 0.159. The van der Waals surface area contributed by atoms with E-state index in [1.165, 1.54) is 5.56 Å². The molecule has 2 N–H and O–H groups in total. The predicted octanol–water partition coefficient (Wildman–Crippen LogP) is 1.94. The SMILES string of the molecule is CC(c1ccc[n+](C)c1)c1ccc2[nH]ccc2c1O.COS(=O)(=O)[O-]. The third-order valence-corrected chi connectivity index (χ3v) is 4.28. The highest BCUT2D eigenvalue weighted by Gasteiger charge is 2.16. The second-order valence-corrected chi connectivity index (χ2v) is 6.69. The fraction of sp³-hybridized carbons (Fsp3) is 0.235. The smallest absolute Gasteiger partial charge is 0.217 e. The zero-order valence-electron chi connectivity index (χ0n) is 14.1. The molecule has 0 spiro atoms. The summed E-state index contributed by atoms with van der Waals surface area (Å²) < 4.78 is 33.0. The average Bonchev–Trinajstić information content (AvgIpc) is 3.04. The van der Waals surface area contributed by atoms with Crippen molar-refractivity contribution in [1.29, 1.82) is 0 Å². The number of aromatic hydroxyl groups is 1. The van der Waals surface area contributed by atoms with Crippen LogP contribution in [0.3, 0.4) is 0 Å². The molecule has 7 nitrogen and oxygen atoms in total. The van der Waals surface area contributed by atoms with Crippen LogP contribution in [-0.2, 0) is 21.6 Å². The molecule has 0 amide bonds. The number of H-pyrrole nitrogens is 1. The number of nitrogens with one attached hydrogen (secondary N) is 1. The summed E-state index contributed by atoms with van der Waals surface area (Å²) in [6.45, 7) is 2.11. The summed E-state index contributed by atoms with van der Waals surface area (Å²) in [6.07, 6.45) is 5.94. The van der Waals surface area contributed by atoms with Crippen molar-refractivity contribution >= 4 is 21.3 Å². The van der Waals surface area contributed by atoms with Crippen molar-refractivity contribution in [3.05, 3.63) is 60.0 Å². The maximum atomic E-state index is 10.4. The van der Waals surface area contributed by atoms with E-state index >= 15 is 0 Å². The normalized spacial score (nSPS) is 12.5. The van der Waals surface area contributed by atoms with E-state index in [1.807, 2.05) is 48.3 Å². The Hall–Kier alpha value is -2.42. The van der Waals surface area contributed by atoms with Gasteiger partial charge in [-0.3, -0.25) is 4.18 Å². The highest BCUT2D eigenvalue weighted by molar-refractivity contribution is 7.80. The molecule has 8 heteroatoms. The van der Waals surface area contributed by atoms with Crippen LogP contribution in [0, 0.1) is 0 Å². The van der Waals surface area contributed by atoms with Crippen molar-refractivity contribution in [2.45, 2.75) is 12.8 Å². The summed E-state index contributed by atoms with van der Waals surface area (Å²) in [7, 11) is -1.60. The molecular weight excluding hydrogens is 344 g/mol. The van der Waals surface area contributed by atoms with Gasteiger partial charge < -0.3 is 14.6 Å². The lowest BCUT2D eigenvalue weighted by molar-refractivity contribution is -0.672. The number of nitrogens with zero attached hydrogens (tertiary/aromatic N) is 1. The van der Waals surface area contributed by atoms with Crippen LogP contribution in [0.5, 0.6) is 5.75 Å². The molecular formula is C17H20N2O5S. The second-order valence-electron chi connectivity index (χ2n) is 5.54. The van der Waals surface area contributed by atoms with Crippen molar-refractivity contribution < 1.29 is 26.8 Å². The van der Waals surface area contributed by atoms with Gasteiger partial charge in [-0.25, -0.2) is 13.0 Å². The van der Waals surface area contributed by atoms with Gasteiger partial charge in [-0.2, -0.15) is 0 Å². The Bertz CT molecular complexity index is 966. The van der Waals surface area contributed by atoms with E-state index in [9.17, 15) is 18.1 Å². The zero-order valence-corrected chi connectivity index (χ0v) is 14.9. The first-order chi connectivity index (χ1) is 11.7. The highest BCUT2D eigenvalue weighted by atomic mass is 32.3.